The van der Waals surface area contributed by atoms with Gasteiger partial charge in [-0.1, -0.05) is 29.8 Å². The minimum Gasteiger partial charge on any atom is -0.493 e. The Labute approximate surface area is 208 Å². The van der Waals surface area contributed by atoms with Crippen molar-refractivity contribution in [2.75, 3.05) is 7.11 Å². The van der Waals surface area contributed by atoms with Crippen LogP contribution in [-0.4, -0.2) is 45.1 Å². The van der Waals surface area contributed by atoms with Crippen molar-refractivity contribution >= 4 is 44.7 Å². The van der Waals surface area contributed by atoms with Gasteiger partial charge in [0.1, 0.15) is 5.82 Å². The largest absolute Gasteiger partial charge is 0.493 e. The summed E-state index contributed by atoms with van der Waals surface area (Å²) in [5.74, 6) is -1.31. The van der Waals surface area contributed by atoms with Gasteiger partial charge in [0.05, 0.1) is 29.2 Å². The summed E-state index contributed by atoms with van der Waals surface area (Å²) in [5, 5.41) is 25.5. The Morgan fingerprint density at radius 2 is 2.06 bits per heavy atom. The fourth-order valence-electron chi connectivity index (χ4n) is 3.22. The van der Waals surface area contributed by atoms with Crippen LogP contribution in [0.15, 0.2) is 44.7 Å². The summed E-state index contributed by atoms with van der Waals surface area (Å²) in [7, 11) is 1.27. The van der Waals surface area contributed by atoms with E-state index in [0.717, 1.165) is 6.07 Å². The number of nitro groups is 1. The van der Waals surface area contributed by atoms with Crippen LogP contribution in [-0.2, 0) is 4.79 Å². The van der Waals surface area contributed by atoms with E-state index in [1.807, 2.05) is 13.8 Å². The van der Waals surface area contributed by atoms with Crippen LogP contribution in [0.5, 0.6) is 11.5 Å². The van der Waals surface area contributed by atoms with E-state index in [4.69, 9.17) is 14.6 Å². The summed E-state index contributed by atoms with van der Waals surface area (Å²) in [6.07, 6.45) is 0.636. The first-order valence-corrected chi connectivity index (χ1v) is 11.4. The standard InChI is InChI=1S/C23H23BrN4O7/c1-5-12(2)21-26-17-7-6-15(24)10-16(17)22(29)27(21)25-11-14-8-18(28(32)33)20(19(9-14)34-4)35-13(3)23(30)31/h6-13H,5H2,1-4H3,(H,30,31)/t12-,13-/m1/s1. The van der Waals surface area contributed by atoms with Crippen molar-refractivity contribution in [2.45, 2.75) is 39.2 Å². The molecule has 0 saturated heterocycles. The number of nitrogens with zero attached hydrogens (tertiary/aromatic N) is 4. The first-order valence-electron chi connectivity index (χ1n) is 10.6. The molecule has 0 aliphatic rings. The molecule has 184 valence electrons. The fourth-order valence-corrected chi connectivity index (χ4v) is 3.58. The second-order valence-corrected chi connectivity index (χ2v) is 8.64. The number of carboxylic acids is 1. The van der Waals surface area contributed by atoms with Gasteiger partial charge in [-0.05, 0) is 37.6 Å². The number of hydrogen-bond acceptors (Lipinski definition) is 8. The van der Waals surface area contributed by atoms with E-state index in [0.29, 0.717) is 27.6 Å². The molecule has 1 aromatic heterocycles. The molecule has 0 radical (unpaired) electrons. The average Bonchev–Trinajstić information content (AvgIpc) is 2.83. The highest BCUT2D eigenvalue weighted by Gasteiger charge is 2.26. The van der Waals surface area contributed by atoms with Gasteiger partial charge in [-0.15, -0.1) is 0 Å². The maximum atomic E-state index is 13.3. The third-order valence-electron chi connectivity index (χ3n) is 5.33. The van der Waals surface area contributed by atoms with Crippen molar-refractivity contribution < 1.29 is 24.3 Å². The summed E-state index contributed by atoms with van der Waals surface area (Å²) in [6.45, 7) is 5.12. The summed E-state index contributed by atoms with van der Waals surface area (Å²) in [6, 6.07) is 7.75. The van der Waals surface area contributed by atoms with Crippen molar-refractivity contribution in [1.82, 2.24) is 9.66 Å². The Morgan fingerprint density at radius 3 is 2.66 bits per heavy atom. The summed E-state index contributed by atoms with van der Waals surface area (Å²) in [5.41, 5.74) is -0.125. The van der Waals surface area contributed by atoms with Crippen LogP contribution >= 0.6 is 15.9 Å². The highest BCUT2D eigenvalue weighted by molar-refractivity contribution is 9.10. The van der Waals surface area contributed by atoms with E-state index in [1.165, 1.54) is 31.0 Å². The minimum atomic E-state index is -1.35. The summed E-state index contributed by atoms with van der Waals surface area (Å²) in [4.78, 5) is 40.0. The van der Waals surface area contributed by atoms with Crippen molar-refractivity contribution in [3.8, 4) is 11.5 Å². The lowest BCUT2D eigenvalue weighted by Crippen LogP contribution is -2.24. The number of hydrogen-bond donors (Lipinski definition) is 1. The highest BCUT2D eigenvalue weighted by Crippen LogP contribution is 2.38. The van der Waals surface area contributed by atoms with E-state index < -0.39 is 22.7 Å². The molecule has 2 aromatic carbocycles. The third-order valence-corrected chi connectivity index (χ3v) is 5.82. The maximum Gasteiger partial charge on any atom is 0.344 e. The zero-order chi connectivity index (χ0) is 25.9. The molecule has 0 saturated carbocycles. The molecule has 11 nitrogen and oxygen atoms in total. The molecular formula is C23H23BrN4O7. The highest BCUT2D eigenvalue weighted by atomic mass is 79.9. The normalized spacial score (nSPS) is 13.1. The number of methoxy groups -OCH3 is 1. The van der Waals surface area contributed by atoms with E-state index in [1.54, 1.807) is 18.2 Å². The molecule has 3 rings (SSSR count). The quantitative estimate of drug-likeness (QED) is 0.237. The van der Waals surface area contributed by atoms with Gasteiger partial charge in [0.2, 0.25) is 5.75 Å². The number of aromatic nitrogens is 2. The SMILES string of the molecule is CC[C@@H](C)c1nc2ccc(Br)cc2c(=O)n1N=Cc1cc(OC)c(O[C@H](C)C(=O)O)c([N+](=O)[O-])c1. The zero-order valence-electron chi connectivity index (χ0n) is 19.4. The van der Waals surface area contributed by atoms with Crippen LogP contribution in [0.3, 0.4) is 0 Å². The lowest BCUT2D eigenvalue weighted by atomic mass is 10.1. The molecule has 0 aliphatic carbocycles. The van der Waals surface area contributed by atoms with Crippen LogP contribution in [0.25, 0.3) is 10.9 Å². The number of carbonyl (C=O) groups is 1. The molecule has 35 heavy (non-hydrogen) atoms. The molecule has 2 atom stereocenters. The molecule has 0 fully saturated rings. The lowest BCUT2D eigenvalue weighted by Gasteiger charge is -2.15. The van der Waals surface area contributed by atoms with Crippen LogP contribution < -0.4 is 15.0 Å². The first kappa shape index (κ1) is 25.8. The number of ether oxygens (including phenoxy) is 2. The molecule has 3 aromatic rings. The monoisotopic (exact) mass is 546 g/mol. The van der Waals surface area contributed by atoms with E-state index in [2.05, 4.69) is 26.0 Å². The Bertz CT molecular complexity index is 1390. The summed E-state index contributed by atoms with van der Waals surface area (Å²) >= 11 is 3.36. The van der Waals surface area contributed by atoms with Gasteiger partial charge >= 0.3 is 11.7 Å². The number of nitro benzene ring substituents is 1. The van der Waals surface area contributed by atoms with Crippen molar-refractivity contribution in [2.24, 2.45) is 5.10 Å². The van der Waals surface area contributed by atoms with E-state index >= 15 is 0 Å². The van der Waals surface area contributed by atoms with Gasteiger partial charge in [0, 0.05) is 22.0 Å². The molecule has 0 spiro atoms. The number of rotatable bonds is 9. The van der Waals surface area contributed by atoms with Gasteiger partial charge in [0.25, 0.3) is 5.56 Å². The molecule has 0 unspecified atom stereocenters. The van der Waals surface area contributed by atoms with Gasteiger partial charge in [0.15, 0.2) is 11.9 Å². The van der Waals surface area contributed by atoms with Gasteiger partial charge in [-0.3, -0.25) is 14.9 Å². The molecule has 0 amide bonds. The van der Waals surface area contributed by atoms with Crippen molar-refractivity contribution in [3.63, 3.8) is 0 Å². The Kier molecular flexibility index (Phi) is 7.85. The average molecular weight is 547 g/mol. The van der Waals surface area contributed by atoms with Crippen molar-refractivity contribution in [1.29, 1.82) is 0 Å². The molecule has 0 bridgehead atoms. The van der Waals surface area contributed by atoms with Crippen molar-refractivity contribution in [3.05, 3.63) is 66.7 Å². The van der Waals surface area contributed by atoms with Gasteiger partial charge in [-0.25, -0.2) is 9.78 Å². The number of fused-ring (bicyclic) bond motifs is 1. The Morgan fingerprint density at radius 1 is 1.34 bits per heavy atom. The second-order valence-electron chi connectivity index (χ2n) is 7.73. The maximum absolute atomic E-state index is 13.3. The van der Waals surface area contributed by atoms with E-state index in [-0.39, 0.29) is 28.5 Å². The lowest BCUT2D eigenvalue weighted by molar-refractivity contribution is -0.386. The number of halogens is 1. The predicted octanol–water partition coefficient (Wildman–Crippen LogP) is 4.32. The number of benzene rings is 2. The smallest absolute Gasteiger partial charge is 0.344 e. The molecule has 1 heterocycles. The number of aliphatic carboxylic acids is 1. The molecular weight excluding hydrogens is 524 g/mol. The van der Waals surface area contributed by atoms with Crippen LogP contribution in [0.1, 0.15) is 44.5 Å². The summed E-state index contributed by atoms with van der Waals surface area (Å²) < 4.78 is 12.4. The van der Waals surface area contributed by atoms with Crippen LogP contribution in [0.4, 0.5) is 5.69 Å². The van der Waals surface area contributed by atoms with Gasteiger partial charge in [-0.2, -0.15) is 9.78 Å². The first-order chi connectivity index (χ1) is 16.6. The van der Waals surface area contributed by atoms with Crippen LogP contribution in [0, 0.1) is 10.1 Å². The topological polar surface area (TPSA) is 146 Å². The molecule has 0 aliphatic heterocycles. The predicted molar refractivity (Wildman–Crippen MR) is 133 cm³/mol. The molecule has 12 heteroatoms. The minimum absolute atomic E-state index is 0.0520. The zero-order valence-corrected chi connectivity index (χ0v) is 21.0. The molecule has 1 N–H and O–H groups in total. The second kappa shape index (κ2) is 10.6. The van der Waals surface area contributed by atoms with E-state index in [9.17, 15) is 19.7 Å². The van der Waals surface area contributed by atoms with Crippen LogP contribution in [0.2, 0.25) is 0 Å². The Hall–Kier alpha value is -3.80. The Balaban J connectivity index is 2.17. The van der Waals surface area contributed by atoms with Gasteiger partial charge < -0.3 is 14.6 Å². The number of carboxylic acid groups (broad SMARTS) is 1. The third kappa shape index (κ3) is 5.48. The fraction of sp³-hybridized carbons (Fsp3) is 0.304.